The predicted molar refractivity (Wildman–Crippen MR) is 66.4 cm³/mol. The van der Waals surface area contributed by atoms with E-state index in [9.17, 15) is 4.79 Å². The van der Waals surface area contributed by atoms with Gasteiger partial charge in [0.05, 0.1) is 23.6 Å². The second-order valence-corrected chi connectivity index (χ2v) is 4.50. The molecule has 0 radical (unpaired) electrons. The van der Waals surface area contributed by atoms with Crippen LogP contribution in [0.5, 0.6) is 0 Å². The number of likely N-dealkylation sites (N-methyl/N-ethyl adjacent to an activating group) is 1. The summed E-state index contributed by atoms with van der Waals surface area (Å²) in [4.78, 5) is 19.5. The Morgan fingerprint density at radius 3 is 3.00 bits per heavy atom. The lowest BCUT2D eigenvalue weighted by molar-refractivity contribution is -0.114. The molecule has 2 heterocycles. The molecule has 0 amide bonds. The third kappa shape index (κ3) is 3.01. The number of anilines is 1. The summed E-state index contributed by atoms with van der Waals surface area (Å²) in [6.07, 6.45) is 2.69. The first-order valence-electron chi connectivity index (χ1n) is 5.77. The van der Waals surface area contributed by atoms with Crippen LogP contribution in [0.15, 0.2) is 18.3 Å². The highest BCUT2D eigenvalue weighted by Crippen LogP contribution is 2.10. The summed E-state index contributed by atoms with van der Waals surface area (Å²) in [5.74, 6) is 0. The molecule has 2 N–H and O–H groups in total. The quantitative estimate of drug-likeness (QED) is 0.745. The molecule has 0 aliphatic carbocycles. The molecule has 1 aromatic heterocycles. The molecule has 2 rings (SSSR count). The van der Waals surface area contributed by atoms with E-state index in [0.717, 1.165) is 38.2 Å². The van der Waals surface area contributed by atoms with E-state index in [0.29, 0.717) is 5.69 Å². The Morgan fingerprint density at radius 2 is 2.35 bits per heavy atom. The van der Waals surface area contributed by atoms with Crippen molar-refractivity contribution in [1.29, 1.82) is 0 Å². The van der Waals surface area contributed by atoms with E-state index >= 15 is 0 Å². The molecule has 17 heavy (non-hydrogen) atoms. The third-order valence-corrected chi connectivity index (χ3v) is 3.17. The monoisotopic (exact) mass is 234 g/mol. The van der Waals surface area contributed by atoms with Gasteiger partial charge in [-0.05, 0) is 19.2 Å². The van der Waals surface area contributed by atoms with Gasteiger partial charge in [-0.2, -0.15) is 0 Å². The van der Waals surface area contributed by atoms with Crippen LogP contribution in [-0.2, 0) is 11.3 Å². The average Bonchev–Trinajstić information content (AvgIpc) is 2.34. The Balaban J connectivity index is 1.95. The lowest BCUT2D eigenvalue weighted by Crippen LogP contribution is -2.51. The van der Waals surface area contributed by atoms with Crippen molar-refractivity contribution in [1.82, 2.24) is 14.8 Å². The number of carbonyl (C=O) groups is 1. The number of rotatable bonds is 3. The summed E-state index contributed by atoms with van der Waals surface area (Å²) >= 11 is 0. The van der Waals surface area contributed by atoms with Crippen molar-refractivity contribution in [2.24, 2.45) is 0 Å². The van der Waals surface area contributed by atoms with Gasteiger partial charge < -0.3 is 10.5 Å². The highest BCUT2D eigenvalue weighted by Gasteiger charge is 2.23. The van der Waals surface area contributed by atoms with Crippen LogP contribution in [0.3, 0.4) is 0 Å². The predicted octanol–water partition coefficient (Wildman–Crippen LogP) is -0.0213. The molecule has 1 saturated heterocycles. The van der Waals surface area contributed by atoms with Gasteiger partial charge in [0.25, 0.3) is 0 Å². The van der Waals surface area contributed by atoms with Crippen LogP contribution in [0, 0.1) is 0 Å². The topological polar surface area (TPSA) is 62.5 Å². The van der Waals surface area contributed by atoms with Crippen LogP contribution in [0.2, 0.25) is 0 Å². The minimum absolute atomic E-state index is 0.00229. The molecular formula is C12H18N4O. The zero-order chi connectivity index (χ0) is 12.3. The summed E-state index contributed by atoms with van der Waals surface area (Å²) in [6, 6.07) is 3.79. The van der Waals surface area contributed by atoms with Crippen molar-refractivity contribution in [3.05, 3.63) is 24.0 Å². The van der Waals surface area contributed by atoms with Crippen LogP contribution >= 0.6 is 0 Å². The van der Waals surface area contributed by atoms with Crippen molar-refractivity contribution >= 4 is 12.0 Å². The van der Waals surface area contributed by atoms with Gasteiger partial charge >= 0.3 is 0 Å². The normalized spacial score (nSPS) is 22.5. The standard InChI is InChI=1S/C12H18N4O/c1-15-4-5-16(8-12(15)9-17)7-11-3-2-10(13)6-14-11/h2-3,6,9,12H,4-5,7-8,13H2,1H3. The molecule has 92 valence electrons. The van der Waals surface area contributed by atoms with Crippen LogP contribution < -0.4 is 5.73 Å². The number of hydrogen-bond donors (Lipinski definition) is 1. The Morgan fingerprint density at radius 1 is 1.53 bits per heavy atom. The van der Waals surface area contributed by atoms with E-state index in [1.807, 2.05) is 19.2 Å². The fourth-order valence-corrected chi connectivity index (χ4v) is 2.01. The van der Waals surface area contributed by atoms with Gasteiger partial charge in [-0.25, -0.2) is 0 Å². The number of nitrogens with two attached hydrogens (primary N) is 1. The molecule has 1 aliphatic rings. The maximum absolute atomic E-state index is 10.9. The van der Waals surface area contributed by atoms with Gasteiger partial charge in [0.1, 0.15) is 6.29 Å². The highest BCUT2D eigenvalue weighted by atomic mass is 16.1. The number of nitrogens with zero attached hydrogens (tertiary/aromatic N) is 3. The zero-order valence-corrected chi connectivity index (χ0v) is 10.0. The average molecular weight is 234 g/mol. The van der Waals surface area contributed by atoms with Crippen molar-refractivity contribution in [3.63, 3.8) is 0 Å². The number of piperazine rings is 1. The molecule has 0 aromatic carbocycles. The molecule has 0 spiro atoms. The zero-order valence-electron chi connectivity index (χ0n) is 10.0. The molecule has 0 bridgehead atoms. The lowest BCUT2D eigenvalue weighted by Gasteiger charge is -2.36. The van der Waals surface area contributed by atoms with E-state index in [-0.39, 0.29) is 6.04 Å². The molecular weight excluding hydrogens is 216 g/mol. The van der Waals surface area contributed by atoms with E-state index in [2.05, 4.69) is 14.8 Å². The number of hydrogen-bond acceptors (Lipinski definition) is 5. The first kappa shape index (κ1) is 12.0. The third-order valence-electron chi connectivity index (χ3n) is 3.17. The summed E-state index contributed by atoms with van der Waals surface area (Å²) < 4.78 is 0. The summed E-state index contributed by atoms with van der Waals surface area (Å²) in [7, 11) is 1.98. The summed E-state index contributed by atoms with van der Waals surface area (Å²) in [5.41, 5.74) is 7.27. The van der Waals surface area contributed by atoms with E-state index in [1.54, 1.807) is 6.20 Å². The Hall–Kier alpha value is -1.46. The molecule has 5 heteroatoms. The molecule has 1 aromatic rings. The van der Waals surface area contributed by atoms with Gasteiger partial charge in [-0.1, -0.05) is 0 Å². The molecule has 1 atom stereocenters. The Bertz CT molecular complexity index is 379. The van der Waals surface area contributed by atoms with Crippen LogP contribution in [0.1, 0.15) is 5.69 Å². The Kier molecular flexibility index (Phi) is 3.71. The van der Waals surface area contributed by atoms with E-state index in [4.69, 9.17) is 5.73 Å². The molecule has 1 aliphatic heterocycles. The van der Waals surface area contributed by atoms with Gasteiger partial charge in [-0.3, -0.25) is 14.8 Å². The second kappa shape index (κ2) is 5.25. The molecule has 5 nitrogen and oxygen atoms in total. The molecule has 0 saturated carbocycles. The molecule has 1 fully saturated rings. The number of pyridine rings is 1. The van der Waals surface area contributed by atoms with Crippen LogP contribution in [0.4, 0.5) is 5.69 Å². The number of aromatic nitrogens is 1. The van der Waals surface area contributed by atoms with Crippen molar-refractivity contribution < 1.29 is 4.79 Å². The van der Waals surface area contributed by atoms with Crippen LogP contribution in [-0.4, -0.2) is 53.8 Å². The van der Waals surface area contributed by atoms with Crippen molar-refractivity contribution in [2.75, 3.05) is 32.4 Å². The lowest BCUT2D eigenvalue weighted by atomic mass is 10.2. The van der Waals surface area contributed by atoms with Gasteiger partial charge in [-0.15, -0.1) is 0 Å². The Labute approximate surface area is 101 Å². The fraction of sp³-hybridized carbons (Fsp3) is 0.500. The fourth-order valence-electron chi connectivity index (χ4n) is 2.01. The first-order valence-corrected chi connectivity index (χ1v) is 5.77. The largest absolute Gasteiger partial charge is 0.397 e. The van der Waals surface area contributed by atoms with Gasteiger partial charge in [0.2, 0.25) is 0 Å². The van der Waals surface area contributed by atoms with E-state index < -0.39 is 0 Å². The first-order chi connectivity index (χ1) is 8.19. The van der Waals surface area contributed by atoms with E-state index in [1.165, 1.54) is 0 Å². The van der Waals surface area contributed by atoms with Crippen molar-refractivity contribution in [3.8, 4) is 0 Å². The maximum atomic E-state index is 10.9. The summed E-state index contributed by atoms with van der Waals surface area (Å²) in [6.45, 7) is 3.43. The number of nitrogen functional groups attached to an aromatic ring is 1. The van der Waals surface area contributed by atoms with Gasteiger partial charge in [0.15, 0.2) is 0 Å². The minimum atomic E-state index is -0.00229. The number of aldehydes is 1. The van der Waals surface area contributed by atoms with Gasteiger partial charge in [0, 0.05) is 26.2 Å². The summed E-state index contributed by atoms with van der Waals surface area (Å²) in [5, 5.41) is 0. The SMILES string of the molecule is CN1CCN(Cc2ccc(N)cn2)CC1C=O. The minimum Gasteiger partial charge on any atom is -0.397 e. The smallest absolute Gasteiger partial charge is 0.138 e. The number of carbonyl (C=O) groups excluding carboxylic acids is 1. The second-order valence-electron chi connectivity index (χ2n) is 4.50. The van der Waals surface area contributed by atoms with Crippen LogP contribution in [0.25, 0.3) is 0 Å². The molecule has 1 unspecified atom stereocenters. The maximum Gasteiger partial charge on any atom is 0.138 e. The highest BCUT2D eigenvalue weighted by molar-refractivity contribution is 5.58. The van der Waals surface area contributed by atoms with Crippen molar-refractivity contribution in [2.45, 2.75) is 12.6 Å².